The second-order valence-electron chi connectivity index (χ2n) is 14.7. The number of para-hydroxylation sites is 1. The Bertz CT molecular complexity index is 1680. The Labute approximate surface area is 286 Å². The lowest BCUT2D eigenvalue weighted by Gasteiger charge is -2.39. The van der Waals surface area contributed by atoms with Crippen LogP contribution >= 0.6 is 0 Å². The van der Waals surface area contributed by atoms with Crippen LogP contribution in [0.15, 0.2) is 84.9 Å². The highest BCUT2D eigenvalue weighted by Crippen LogP contribution is 2.43. The van der Waals surface area contributed by atoms with E-state index >= 15 is 0 Å². The lowest BCUT2D eigenvalue weighted by molar-refractivity contribution is -0.139. The van der Waals surface area contributed by atoms with Crippen LogP contribution in [-0.4, -0.2) is 36.0 Å². The number of hydrogen-bond donors (Lipinski definition) is 2. The number of carbonyl (C=O) groups excluding carboxylic acids is 1. The Balaban J connectivity index is 1.82. The van der Waals surface area contributed by atoms with Crippen molar-refractivity contribution in [3.05, 3.63) is 102 Å². The number of halogens is 1. The molecule has 0 saturated carbocycles. The third-order valence-electron chi connectivity index (χ3n) is 9.47. The van der Waals surface area contributed by atoms with Crippen molar-refractivity contribution in [2.75, 3.05) is 5.32 Å². The molecule has 4 rings (SSSR count). The van der Waals surface area contributed by atoms with E-state index in [0.717, 1.165) is 34.5 Å². The summed E-state index contributed by atoms with van der Waals surface area (Å²) in [6, 6.07) is 25.8. The lowest BCUT2D eigenvalue weighted by atomic mass is 9.94. The lowest BCUT2D eigenvalue weighted by Crippen LogP contribution is -2.44. The molecule has 48 heavy (non-hydrogen) atoms. The molecule has 6 nitrogen and oxygen atoms in total. The van der Waals surface area contributed by atoms with Crippen molar-refractivity contribution in [2.24, 2.45) is 5.92 Å². The van der Waals surface area contributed by atoms with Crippen molar-refractivity contribution >= 4 is 25.9 Å². The zero-order valence-corrected chi connectivity index (χ0v) is 30.6. The number of nitrogens with one attached hydrogen (secondary N) is 1. The number of hydrogen-bond acceptors (Lipinski definition) is 3. The minimum atomic E-state index is -2.20. The van der Waals surface area contributed by atoms with E-state index in [2.05, 4.69) is 64.5 Å². The van der Waals surface area contributed by atoms with E-state index in [1.807, 2.05) is 60.7 Å². The van der Waals surface area contributed by atoms with Gasteiger partial charge in [-0.3, -0.25) is 9.59 Å². The predicted molar refractivity (Wildman–Crippen MR) is 196 cm³/mol. The molecule has 0 aliphatic heterocycles. The molecular weight excluding hydrogens is 620 g/mol. The highest BCUT2D eigenvalue weighted by Gasteiger charge is 2.40. The molecule has 256 valence electrons. The molecule has 8 heteroatoms. The van der Waals surface area contributed by atoms with Crippen LogP contribution in [0.1, 0.15) is 82.8 Å². The van der Waals surface area contributed by atoms with Crippen LogP contribution in [0.2, 0.25) is 18.1 Å². The first kappa shape index (κ1) is 36.8. The molecular formula is C40H51FN2O4Si. The molecule has 1 amide bonds. The number of aliphatic carboxylic acids is 1. The number of carbonyl (C=O) groups is 2. The normalized spacial score (nSPS) is 13.4. The molecule has 0 fully saturated rings. The highest BCUT2D eigenvalue weighted by molar-refractivity contribution is 6.74. The van der Waals surface area contributed by atoms with Gasteiger partial charge >= 0.3 is 5.97 Å². The first-order valence-electron chi connectivity index (χ1n) is 16.9. The monoisotopic (exact) mass is 670 g/mol. The van der Waals surface area contributed by atoms with Gasteiger partial charge in [0.1, 0.15) is 5.82 Å². The molecule has 4 aromatic rings. The van der Waals surface area contributed by atoms with Gasteiger partial charge in [0.25, 0.3) is 5.91 Å². The van der Waals surface area contributed by atoms with Gasteiger partial charge in [-0.05, 0) is 90.3 Å². The van der Waals surface area contributed by atoms with Gasteiger partial charge in [-0.25, -0.2) is 4.39 Å². The van der Waals surface area contributed by atoms with E-state index in [4.69, 9.17) is 4.43 Å². The summed E-state index contributed by atoms with van der Waals surface area (Å²) in [6.45, 7) is 17.7. The smallest absolute Gasteiger partial charge is 0.305 e. The van der Waals surface area contributed by atoms with E-state index in [9.17, 15) is 19.1 Å². The number of amides is 1. The third kappa shape index (κ3) is 8.91. The van der Waals surface area contributed by atoms with Crippen molar-refractivity contribution in [1.82, 2.24) is 4.57 Å². The number of aromatic nitrogens is 1. The molecule has 2 atom stereocenters. The van der Waals surface area contributed by atoms with E-state index in [0.29, 0.717) is 24.2 Å². The van der Waals surface area contributed by atoms with Gasteiger partial charge in [0, 0.05) is 23.5 Å². The Kier molecular flexibility index (Phi) is 11.9. The van der Waals surface area contributed by atoms with Crippen molar-refractivity contribution in [3.63, 3.8) is 0 Å². The molecule has 0 bridgehead atoms. The Morgan fingerprint density at radius 2 is 1.48 bits per heavy atom. The van der Waals surface area contributed by atoms with Crippen LogP contribution in [-0.2, 0) is 15.8 Å². The minimum absolute atomic E-state index is 0.0184. The maximum absolute atomic E-state index is 14.3. The molecule has 0 saturated heterocycles. The van der Waals surface area contributed by atoms with E-state index in [-0.39, 0.29) is 35.0 Å². The zero-order chi connectivity index (χ0) is 35.2. The van der Waals surface area contributed by atoms with E-state index < -0.39 is 20.4 Å². The minimum Gasteiger partial charge on any atom is -0.481 e. The molecule has 0 unspecified atom stereocenters. The number of anilines is 1. The van der Waals surface area contributed by atoms with Gasteiger partial charge in [-0.2, -0.15) is 0 Å². The summed E-state index contributed by atoms with van der Waals surface area (Å²) in [6.07, 6.45) is 0.903. The summed E-state index contributed by atoms with van der Waals surface area (Å²) in [4.78, 5) is 26.2. The fourth-order valence-corrected chi connectivity index (χ4v) is 7.45. The average Bonchev–Trinajstić information content (AvgIpc) is 3.36. The van der Waals surface area contributed by atoms with Crippen LogP contribution < -0.4 is 5.32 Å². The number of carboxylic acids is 1. The molecule has 0 aliphatic rings. The van der Waals surface area contributed by atoms with Crippen LogP contribution in [0.3, 0.4) is 0 Å². The van der Waals surface area contributed by atoms with Crippen molar-refractivity contribution in [1.29, 1.82) is 0 Å². The molecule has 3 aromatic carbocycles. The van der Waals surface area contributed by atoms with Gasteiger partial charge in [0.05, 0.1) is 23.8 Å². The summed E-state index contributed by atoms with van der Waals surface area (Å²) in [5, 5.41) is 12.8. The molecule has 1 aromatic heterocycles. The third-order valence-corrected chi connectivity index (χ3v) is 14.0. The van der Waals surface area contributed by atoms with Crippen molar-refractivity contribution in [3.8, 4) is 22.4 Å². The van der Waals surface area contributed by atoms with Gasteiger partial charge in [-0.15, -0.1) is 0 Å². The van der Waals surface area contributed by atoms with Crippen LogP contribution in [0, 0.1) is 11.7 Å². The Morgan fingerprint density at radius 1 is 0.896 bits per heavy atom. The van der Waals surface area contributed by atoms with Gasteiger partial charge < -0.3 is 19.4 Å². The number of nitrogens with zero attached hydrogens (tertiary/aromatic N) is 1. The summed E-state index contributed by atoms with van der Waals surface area (Å²) in [7, 11) is -2.20. The van der Waals surface area contributed by atoms with Crippen LogP contribution in [0.25, 0.3) is 22.4 Å². The van der Waals surface area contributed by atoms with Gasteiger partial charge in [0.15, 0.2) is 8.32 Å². The maximum Gasteiger partial charge on any atom is 0.305 e. The number of rotatable bonds is 14. The molecule has 0 spiro atoms. The summed E-state index contributed by atoms with van der Waals surface area (Å²) < 4.78 is 23.1. The quantitative estimate of drug-likeness (QED) is 0.131. The summed E-state index contributed by atoms with van der Waals surface area (Å²) in [5.41, 5.74) is 5.56. The molecule has 2 N–H and O–H groups in total. The highest BCUT2D eigenvalue weighted by atomic mass is 28.4. The Morgan fingerprint density at radius 3 is 2.02 bits per heavy atom. The largest absolute Gasteiger partial charge is 0.481 e. The zero-order valence-electron chi connectivity index (χ0n) is 29.6. The first-order chi connectivity index (χ1) is 22.6. The fraction of sp³-hybridized carbons (Fsp3) is 0.400. The summed E-state index contributed by atoms with van der Waals surface area (Å²) >= 11 is 0. The maximum atomic E-state index is 14.3. The number of carboxylic acid groups (broad SMARTS) is 1. The number of benzene rings is 3. The second-order valence-corrected chi connectivity index (χ2v) is 19.5. The summed E-state index contributed by atoms with van der Waals surface area (Å²) in [5.74, 6) is -1.29. The fourth-order valence-electron chi connectivity index (χ4n) is 6.09. The van der Waals surface area contributed by atoms with Crippen LogP contribution in [0.4, 0.5) is 10.1 Å². The molecule has 0 aliphatic carbocycles. The first-order valence-corrected chi connectivity index (χ1v) is 19.8. The Hall–Kier alpha value is -4.01. The SMILES string of the molecule is CC(C)c1c(C(=O)Nc2ccccc2)c(-c2ccccc2)c(-c2ccc(F)cc2)n1CC[C@@H](C)C[C@H](CC(=O)O)O[Si](C)(C)C(C)(C)C. The predicted octanol–water partition coefficient (Wildman–Crippen LogP) is 10.6. The molecule has 1 heterocycles. The average molecular weight is 671 g/mol. The van der Waals surface area contributed by atoms with E-state index in [1.54, 1.807) is 12.1 Å². The molecule has 0 radical (unpaired) electrons. The van der Waals surface area contributed by atoms with Crippen LogP contribution in [0.5, 0.6) is 0 Å². The van der Waals surface area contributed by atoms with Gasteiger partial charge in [-0.1, -0.05) is 90.1 Å². The van der Waals surface area contributed by atoms with Gasteiger partial charge in [0.2, 0.25) is 0 Å². The standard InChI is InChI=1S/C40H51FN2O4Si/c1-27(2)37-36(39(46)42-32-17-13-10-14-18-32)35(29-15-11-9-12-16-29)38(30-19-21-31(41)22-20-30)43(37)24-23-28(3)25-33(26-34(44)45)47-48(7,8)40(4,5)6/h9-22,27-28,33H,23-26H2,1-8H3,(H,42,46)(H,44,45)/t28-,33-/m1/s1. The second kappa shape index (κ2) is 15.5. The van der Waals surface area contributed by atoms with E-state index in [1.165, 1.54) is 12.1 Å². The van der Waals surface area contributed by atoms with Crippen molar-refractivity contribution < 1.29 is 23.5 Å². The van der Waals surface area contributed by atoms with Crippen molar-refractivity contribution in [2.45, 2.75) is 97.5 Å². The topological polar surface area (TPSA) is 80.6 Å².